The Kier molecular flexibility index (Phi) is 3.36. The number of thiol groups is 1. The van der Waals surface area contributed by atoms with Crippen LogP contribution >= 0.6 is 12.6 Å². The average molecular weight is 228 g/mol. The van der Waals surface area contributed by atoms with E-state index < -0.39 is 34.6 Å². The van der Waals surface area contributed by atoms with Crippen molar-refractivity contribution in [3.05, 3.63) is 34.6 Å². The predicted octanol–water partition coefficient (Wildman–Crippen LogP) is 2.85. The van der Waals surface area contributed by atoms with E-state index in [1.165, 1.54) is 0 Å². The lowest BCUT2D eigenvalue weighted by Gasteiger charge is -2.06. The molecule has 0 N–H and O–H groups in total. The summed E-state index contributed by atoms with van der Waals surface area (Å²) in [6, 6.07) is 0. The van der Waals surface area contributed by atoms with E-state index in [0.29, 0.717) is 0 Å². The van der Waals surface area contributed by atoms with Gasteiger partial charge in [0.2, 0.25) is 5.82 Å². The van der Waals surface area contributed by atoms with Gasteiger partial charge in [-0.2, -0.15) is 12.6 Å². The Labute approximate surface area is 82.1 Å². The molecule has 0 heterocycles. The van der Waals surface area contributed by atoms with Crippen molar-refractivity contribution in [1.82, 2.24) is 0 Å². The zero-order valence-electron chi connectivity index (χ0n) is 6.75. The lowest BCUT2D eigenvalue weighted by Crippen LogP contribution is -2.07. The first-order chi connectivity index (χ1) is 6.50. The van der Waals surface area contributed by atoms with Crippen molar-refractivity contribution in [2.75, 3.05) is 5.75 Å². The molecule has 1 aromatic carbocycles. The quantitative estimate of drug-likeness (QED) is 0.342. The SMILES string of the molecule is Fc1c(F)c(F)c(CCS)c(F)c1F. The van der Waals surface area contributed by atoms with Crippen molar-refractivity contribution in [3.8, 4) is 0 Å². The van der Waals surface area contributed by atoms with Crippen molar-refractivity contribution in [2.24, 2.45) is 0 Å². The molecule has 78 valence electrons. The minimum absolute atomic E-state index is 0.00163. The molecule has 14 heavy (non-hydrogen) atoms. The van der Waals surface area contributed by atoms with Crippen LogP contribution in [0.3, 0.4) is 0 Å². The van der Waals surface area contributed by atoms with Crippen LogP contribution in [0.5, 0.6) is 0 Å². The van der Waals surface area contributed by atoms with Crippen LogP contribution in [-0.2, 0) is 6.42 Å². The molecule has 0 saturated carbocycles. The topological polar surface area (TPSA) is 0 Å². The molecule has 0 amide bonds. The molecular formula is C8H5F5S. The zero-order chi connectivity index (χ0) is 10.9. The largest absolute Gasteiger partial charge is 0.203 e. The molecule has 0 saturated heterocycles. The van der Waals surface area contributed by atoms with Gasteiger partial charge in [-0.15, -0.1) is 0 Å². The van der Waals surface area contributed by atoms with Crippen LogP contribution in [0, 0.1) is 29.1 Å². The molecule has 1 rings (SSSR count). The fourth-order valence-electron chi connectivity index (χ4n) is 0.982. The number of benzene rings is 1. The average Bonchev–Trinajstić information content (AvgIpc) is 2.19. The molecule has 0 aliphatic heterocycles. The van der Waals surface area contributed by atoms with Crippen LogP contribution in [0.4, 0.5) is 22.0 Å². The van der Waals surface area contributed by atoms with Gasteiger partial charge >= 0.3 is 0 Å². The second-order valence-electron chi connectivity index (χ2n) is 2.52. The van der Waals surface area contributed by atoms with Gasteiger partial charge in [-0.1, -0.05) is 0 Å². The maximum atomic E-state index is 12.8. The summed E-state index contributed by atoms with van der Waals surface area (Å²) in [6.07, 6.45) is -0.311. The number of rotatable bonds is 2. The second kappa shape index (κ2) is 4.16. The van der Waals surface area contributed by atoms with E-state index >= 15 is 0 Å². The zero-order valence-corrected chi connectivity index (χ0v) is 7.65. The van der Waals surface area contributed by atoms with E-state index in [0.717, 1.165) is 0 Å². The first kappa shape index (κ1) is 11.3. The summed E-state index contributed by atoms with van der Waals surface area (Å²) < 4.78 is 63.2. The van der Waals surface area contributed by atoms with Gasteiger partial charge in [0.25, 0.3) is 0 Å². The highest BCUT2D eigenvalue weighted by Gasteiger charge is 2.24. The summed E-state index contributed by atoms with van der Waals surface area (Å²) in [5.41, 5.74) is -0.823. The fourth-order valence-corrected chi connectivity index (χ4v) is 1.21. The van der Waals surface area contributed by atoms with E-state index in [4.69, 9.17) is 0 Å². The number of hydrogen-bond acceptors (Lipinski definition) is 1. The maximum absolute atomic E-state index is 12.8. The summed E-state index contributed by atoms with van der Waals surface area (Å²) in [6.45, 7) is 0. The molecule has 0 aliphatic carbocycles. The van der Waals surface area contributed by atoms with Crippen LogP contribution in [0.1, 0.15) is 5.56 Å². The van der Waals surface area contributed by atoms with Gasteiger partial charge in [0, 0.05) is 5.56 Å². The molecular weight excluding hydrogens is 223 g/mol. The van der Waals surface area contributed by atoms with Crippen molar-refractivity contribution in [2.45, 2.75) is 6.42 Å². The van der Waals surface area contributed by atoms with Gasteiger partial charge in [0.15, 0.2) is 23.3 Å². The van der Waals surface area contributed by atoms with Crippen LogP contribution in [0.25, 0.3) is 0 Å². The van der Waals surface area contributed by atoms with E-state index in [-0.39, 0.29) is 12.2 Å². The summed E-state index contributed by atoms with van der Waals surface area (Å²) in [7, 11) is 0. The molecule has 0 spiro atoms. The first-order valence-corrected chi connectivity index (χ1v) is 4.25. The minimum Gasteiger partial charge on any atom is -0.203 e. The van der Waals surface area contributed by atoms with E-state index in [1.807, 2.05) is 0 Å². The molecule has 0 unspecified atom stereocenters. The second-order valence-corrected chi connectivity index (χ2v) is 2.97. The van der Waals surface area contributed by atoms with Gasteiger partial charge < -0.3 is 0 Å². The van der Waals surface area contributed by atoms with Gasteiger partial charge in [0.05, 0.1) is 0 Å². The highest BCUT2D eigenvalue weighted by Crippen LogP contribution is 2.23. The number of hydrogen-bond donors (Lipinski definition) is 1. The van der Waals surface area contributed by atoms with Crippen LogP contribution < -0.4 is 0 Å². The maximum Gasteiger partial charge on any atom is 0.200 e. The molecule has 0 nitrogen and oxygen atoms in total. The minimum atomic E-state index is -2.14. The molecule has 6 heteroatoms. The van der Waals surface area contributed by atoms with Gasteiger partial charge in [0.1, 0.15) is 0 Å². The summed E-state index contributed by atoms with van der Waals surface area (Å²) in [4.78, 5) is 0. The number of halogens is 5. The van der Waals surface area contributed by atoms with E-state index in [2.05, 4.69) is 12.6 Å². The van der Waals surface area contributed by atoms with Gasteiger partial charge in [-0.3, -0.25) is 0 Å². The van der Waals surface area contributed by atoms with Crippen molar-refractivity contribution < 1.29 is 22.0 Å². The Morgan fingerprint density at radius 3 is 1.43 bits per heavy atom. The third kappa shape index (κ3) is 1.70. The third-order valence-electron chi connectivity index (χ3n) is 1.66. The highest BCUT2D eigenvalue weighted by atomic mass is 32.1. The molecule has 0 fully saturated rings. The predicted molar refractivity (Wildman–Crippen MR) is 43.8 cm³/mol. The molecule has 0 atom stereocenters. The van der Waals surface area contributed by atoms with Crippen LogP contribution in [-0.4, -0.2) is 5.75 Å². The van der Waals surface area contributed by atoms with Crippen molar-refractivity contribution >= 4 is 12.6 Å². The third-order valence-corrected chi connectivity index (χ3v) is 1.89. The van der Waals surface area contributed by atoms with E-state index in [9.17, 15) is 22.0 Å². The fraction of sp³-hybridized carbons (Fsp3) is 0.250. The summed E-state index contributed by atoms with van der Waals surface area (Å²) in [5.74, 6) is -9.53. The van der Waals surface area contributed by atoms with E-state index in [1.54, 1.807) is 0 Å². The Morgan fingerprint density at radius 2 is 1.07 bits per heavy atom. The highest BCUT2D eigenvalue weighted by molar-refractivity contribution is 7.80. The summed E-state index contributed by atoms with van der Waals surface area (Å²) in [5, 5.41) is 0. The molecule has 0 aromatic heterocycles. The molecule has 0 aliphatic rings. The Bertz CT molecular complexity index is 334. The summed E-state index contributed by atoms with van der Waals surface area (Å²) >= 11 is 3.65. The first-order valence-electron chi connectivity index (χ1n) is 3.61. The van der Waals surface area contributed by atoms with Crippen LogP contribution in [0.15, 0.2) is 0 Å². The lowest BCUT2D eigenvalue weighted by atomic mass is 10.1. The molecule has 1 aromatic rings. The Hall–Kier alpha value is -0.780. The Morgan fingerprint density at radius 1 is 0.714 bits per heavy atom. The van der Waals surface area contributed by atoms with Crippen molar-refractivity contribution in [1.29, 1.82) is 0 Å². The lowest BCUT2D eigenvalue weighted by molar-refractivity contribution is 0.371. The Balaban J connectivity index is 3.43. The monoisotopic (exact) mass is 228 g/mol. The standard InChI is InChI=1S/C8H5F5S/c9-4-3(1-2-14)5(10)7(12)8(13)6(4)11/h14H,1-2H2. The smallest absolute Gasteiger partial charge is 0.200 e. The van der Waals surface area contributed by atoms with Crippen LogP contribution in [0.2, 0.25) is 0 Å². The normalized spacial score (nSPS) is 10.7. The van der Waals surface area contributed by atoms with Gasteiger partial charge in [-0.05, 0) is 12.2 Å². The van der Waals surface area contributed by atoms with Gasteiger partial charge in [-0.25, -0.2) is 22.0 Å². The molecule has 0 radical (unpaired) electrons. The molecule has 0 bridgehead atoms. The van der Waals surface area contributed by atoms with Crippen molar-refractivity contribution in [3.63, 3.8) is 0 Å².